The molecule has 20 heavy (non-hydrogen) atoms. The van der Waals surface area contributed by atoms with Crippen molar-refractivity contribution in [2.24, 2.45) is 11.8 Å². The lowest BCUT2D eigenvalue weighted by Crippen LogP contribution is -2.56. The molecular weight excluding hydrogens is 254 g/mol. The van der Waals surface area contributed by atoms with Crippen LogP contribution in [-0.4, -0.2) is 22.5 Å². The molecule has 1 amide bonds. The molecule has 0 heterocycles. The molecular formula is C16H29NO3. The fourth-order valence-electron chi connectivity index (χ4n) is 3.23. The van der Waals surface area contributed by atoms with E-state index in [2.05, 4.69) is 12.2 Å². The second kappa shape index (κ2) is 7.65. The number of unbranched alkanes of at least 4 members (excludes halogenated alkanes) is 1. The van der Waals surface area contributed by atoms with Crippen molar-refractivity contribution in [3.05, 3.63) is 0 Å². The Morgan fingerprint density at radius 1 is 1.35 bits per heavy atom. The highest BCUT2D eigenvalue weighted by Gasteiger charge is 2.42. The standard InChI is InChI=1S/C16H29NO3/c1-4-6-9-12(5-2)14(18)17-16(3)11-8-7-10-13(16)15(19)20/h12-13H,4-11H2,1-3H3,(H,17,18)(H,19,20). The Balaban J connectivity index is 2.71. The maximum absolute atomic E-state index is 12.4. The fourth-order valence-corrected chi connectivity index (χ4v) is 3.23. The van der Waals surface area contributed by atoms with Crippen LogP contribution in [0.1, 0.15) is 72.1 Å². The van der Waals surface area contributed by atoms with Crippen LogP contribution >= 0.6 is 0 Å². The number of carboxylic acids is 1. The number of nitrogens with one attached hydrogen (secondary N) is 1. The van der Waals surface area contributed by atoms with Crippen molar-refractivity contribution in [2.45, 2.75) is 77.7 Å². The van der Waals surface area contributed by atoms with Crippen LogP contribution < -0.4 is 5.32 Å². The van der Waals surface area contributed by atoms with Gasteiger partial charge in [-0.15, -0.1) is 0 Å². The van der Waals surface area contributed by atoms with Gasteiger partial charge in [0, 0.05) is 5.92 Å². The summed E-state index contributed by atoms with van der Waals surface area (Å²) in [5.74, 6) is -1.18. The van der Waals surface area contributed by atoms with Crippen LogP contribution in [0, 0.1) is 11.8 Å². The van der Waals surface area contributed by atoms with Gasteiger partial charge < -0.3 is 10.4 Å². The zero-order valence-electron chi connectivity index (χ0n) is 13.1. The van der Waals surface area contributed by atoms with Gasteiger partial charge in [0.1, 0.15) is 0 Å². The molecule has 4 nitrogen and oxygen atoms in total. The van der Waals surface area contributed by atoms with Crippen molar-refractivity contribution in [1.29, 1.82) is 0 Å². The summed E-state index contributed by atoms with van der Waals surface area (Å²) in [4.78, 5) is 23.8. The number of carbonyl (C=O) groups excluding carboxylic acids is 1. The van der Waals surface area contributed by atoms with E-state index in [1.165, 1.54) is 0 Å². The van der Waals surface area contributed by atoms with Crippen LogP contribution in [0.25, 0.3) is 0 Å². The predicted molar refractivity (Wildman–Crippen MR) is 79.4 cm³/mol. The number of hydrogen-bond donors (Lipinski definition) is 2. The first-order chi connectivity index (χ1) is 9.44. The average molecular weight is 283 g/mol. The lowest BCUT2D eigenvalue weighted by molar-refractivity contribution is -0.147. The highest BCUT2D eigenvalue weighted by atomic mass is 16.4. The molecule has 116 valence electrons. The van der Waals surface area contributed by atoms with Gasteiger partial charge in [-0.1, -0.05) is 39.5 Å². The number of rotatable bonds is 7. The van der Waals surface area contributed by atoms with Crippen LogP contribution in [0.5, 0.6) is 0 Å². The van der Waals surface area contributed by atoms with Gasteiger partial charge >= 0.3 is 5.97 Å². The van der Waals surface area contributed by atoms with E-state index in [9.17, 15) is 14.7 Å². The molecule has 1 aliphatic carbocycles. The van der Waals surface area contributed by atoms with Crippen LogP contribution in [0.2, 0.25) is 0 Å². The van der Waals surface area contributed by atoms with E-state index in [0.717, 1.165) is 44.9 Å². The fraction of sp³-hybridized carbons (Fsp3) is 0.875. The number of hydrogen-bond acceptors (Lipinski definition) is 2. The molecule has 2 N–H and O–H groups in total. The first-order valence-corrected chi connectivity index (χ1v) is 7.99. The van der Waals surface area contributed by atoms with Crippen molar-refractivity contribution < 1.29 is 14.7 Å². The van der Waals surface area contributed by atoms with Crippen molar-refractivity contribution in [2.75, 3.05) is 0 Å². The zero-order chi connectivity index (χ0) is 15.2. The Bertz CT molecular complexity index is 343. The minimum absolute atomic E-state index is 0.0168. The SMILES string of the molecule is CCCCC(CC)C(=O)NC1(C)CCCCC1C(=O)O. The second-order valence-electron chi connectivity index (χ2n) is 6.29. The lowest BCUT2D eigenvalue weighted by atomic mass is 9.73. The maximum atomic E-state index is 12.4. The highest BCUT2D eigenvalue weighted by Crippen LogP contribution is 2.34. The third-order valence-electron chi connectivity index (χ3n) is 4.68. The quantitative estimate of drug-likeness (QED) is 0.753. The van der Waals surface area contributed by atoms with E-state index in [1.54, 1.807) is 0 Å². The molecule has 0 aromatic carbocycles. The highest BCUT2D eigenvalue weighted by molar-refractivity contribution is 5.81. The van der Waals surface area contributed by atoms with Gasteiger partial charge in [-0.05, 0) is 32.6 Å². The van der Waals surface area contributed by atoms with Gasteiger partial charge in [0.05, 0.1) is 11.5 Å². The Morgan fingerprint density at radius 2 is 2.05 bits per heavy atom. The summed E-state index contributed by atoms with van der Waals surface area (Å²) < 4.78 is 0. The molecule has 1 fully saturated rings. The zero-order valence-corrected chi connectivity index (χ0v) is 13.1. The monoisotopic (exact) mass is 283 g/mol. The molecule has 0 radical (unpaired) electrons. The van der Waals surface area contributed by atoms with Gasteiger partial charge in [0.2, 0.25) is 5.91 Å². The van der Waals surface area contributed by atoms with E-state index < -0.39 is 17.4 Å². The first kappa shape index (κ1) is 17.0. The van der Waals surface area contributed by atoms with Crippen LogP contribution in [0.15, 0.2) is 0 Å². The summed E-state index contributed by atoms with van der Waals surface area (Å²) in [6, 6.07) is 0. The molecule has 3 unspecified atom stereocenters. The molecule has 0 bridgehead atoms. The Labute approximate surface area is 122 Å². The second-order valence-corrected chi connectivity index (χ2v) is 6.29. The van der Waals surface area contributed by atoms with E-state index in [-0.39, 0.29) is 11.8 Å². The van der Waals surface area contributed by atoms with Crippen LogP contribution in [-0.2, 0) is 9.59 Å². The molecule has 4 heteroatoms. The Hall–Kier alpha value is -1.06. The van der Waals surface area contributed by atoms with Crippen molar-refractivity contribution in [1.82, 2.24) is 5.32 Å². The van der Waals surface area contributed by atoms with Gasteiger partial charge in [0.25, 0.3) is 0 Å². The lowest BCUT2D eigenvalue weighted by Gasteiger charge is -2.40. The normalized spacial score (nSPS) is 27.9. The minimum atomic E-state index is -0.783. The smallest absolute Gasteiger partial charge is 0.308 e. The van der Waals surface area contributed by atoms with E-state index in [1.807, 2.05) is 13.8 Å². The average Bonchev–Trinajstić information content (AvgIpc) is 2.39. The summed E-state index contributed by atoms with van der Waals surface area (Å²) >= 11 is 0. The summed E-state index contributed by atoms with van der Waals surface area (Å²) in [6.45, 7) is 6.04. The molecule has 0 aliphatic heterocycles. The number of carbonyl (C=O) groups is 2. The van der Waals surface area contributed by atoms with Gasteiger partial charge in [0.15, 0.2) is 0 Å². The van der Waals surface area contributed by atoms with Gasteiger partial charge in [-0.25, -0.2) is 0 Å². The Kier molecular flexibility index (Phi) is 6.50. The van der Waals surface area contributed by atoms with Gasteiger partial charge in [-0.3, -0.25) is 9.59 Å². The van der Waals surface area contributed by atoms with Crippen LogP contribution in [0.3, 0.4) is 0 Å². The largest absolute Gasteiger partial charge is 0.481 e. The topological polar surface area (TPSA) is 66.4 Å². The Morgan fingerprint density at radius 3 is 2.60 bits per heavy atom. The van der Waals surface area contributed by atoms with E-state index in [0.29, 0.717) is 6.42 Å². The van der Waals surface area contributed by atoms with E-state index >= 15 is 0 Å². The maximum Gasteiger partial charge on any atom is 0.308 e. The van der Waals surface area contributed by atoms with Crippen molar-refractivity contribution in [3.63, 3.8) is 0 Å². The number of carboxylic acid groups (broad SMARTS) is 1. The molecule has 1 saturated carbocycles. The summed E-state index contributed by atoms with van der Waals surface area (Å²) in [5.41, 5.74) is -0.583. The number of amides is 1. The molecule has 3 atom stereocenters. The third-order valence-corrected chi connectivity index (χ3v) is 4.68. The summed E-state index contributed by atoms with van der Waals surface area (Å²) in [6.07, 6.45) is 7.20. The molecule has 0 spiro atoms. The van der Waals surface area contributed by atoms with Gasteiger partial charge in [-0.2, -0.15) is 0 Å². The molecule has 0 saturated heterocycles. The van der Waals surface area contributed by atoms with Crippen molar-refractivity contribution >= 4 is 11.9 Å². The van der Waals surface area contributed by atoms with Crippen molar-refractivity contribution in [3.8, 4) is 0 Å². The first-order valence-electron chi connectivity index (χ1n) is 7.99. The summed E-state index contributed by atoms with van der Waals surface area (Å²) in [7, 11) is 0. The third kappa shape index (κ3) is 4.22. The minimum Gasteiger partial charge on any atom is -0.481 e. The molecule has 1 rings (SSSR count). The molecule has 1 aliphatic rings. The molecule has 0 aromatic rings. The van der Waals surface area contributed by atoms with Crippen LogP contribution in [0.4, 0.5) is 0 Å². The predicted octanol–water partition coefficient (Wildman–Crippen LogP) is 3.35. The molecule has 0 aromatic heterocycles. The van der Waals surface area contributed by atoms with E-state index in [4.69, 9.17) is 0 Å². The summed E-state index contributed by atoms with van der Waals surface area (Å²) in [5, 5.41) is 12.4. The number of aliphatic carboxylic acids is 1.